The lowest BCUT2D eigenvalue weighted by molar-refractivity contribution is -0.222. The number of carbonyl (C=O) groups is 2. The highest BCUT2D eigenvalue weighted by Gasteiger charge is 2.76. The number of aliphatic hydroxyl groups excluding tert-OH is 3. The fraction of sp³-hybridized carbons (Fsp3) is 0.714. The average molecular weight is 431 g/mol. The van der Waals surface area contributed by atoms with Gasteiger partial charge in [-0.1, -0.05) is 18.6 Å². The molecule has 0 spiro atoms. The number of aliphatic hydroxyl groups is 4. The monoisotopic (exact) mass is 430 g/mol. The fourth-order valence-corrected chi connectivity index (χ4v) is 6.85. The molecular formula is C21H28ClFO6. The summed E-state index contributed by atoms with van der Waals surface area (Å²) < 4.78 is 16.8. The molecule has 0 aliphatic heterocycles. The van der Waals surface area contributed by atoms with Crippen molar-refractivity contribution >= 4 is 24.0 Å². The molecule has 0 amide bonds. The largest absolute Gasteiger partial charge is 0.390 e. The van der Waals surface area contributed by atoms with Gasteiger partial charge in [-0.2, -0.15) is 0 Å². The van der Waals surface area contributed by atoms with E-state index in [4.69, 9.17) is 0 Å². The quantitative estimate of drug-likeness (QED) is 0.520. The molecule has 3 fully saturated rings. The van der Waals surface area contributed by atoms with Crippen LogP contribution < -0.4 is 0 Å². The minimum Gasteiger partial charge on any atom is -0.390 e. The van der Waals surface area contributed by atoms with Crippen LogP contribution in [0.25, 0.3) is 0 Å². The molecule has 8 heteroatoms. The summed E-state index contributed by atoms with van der Waals surface area (Å²) in [7, 11) is 0. The molecule has 0 aromatic carbocycles. The molecule has 162 valence electrons. The van der Waals surface area contributed by atoms with Gasteiger partial charge in [0, 0.05) is 16.7 Å². The number of hydrogen-bond acceptors (Lipinski definition) is 6. The van der Waals surface area contributed by atoms with E-state index in [2.05, 4.69) is 0 Å². The smallest absolute Gasteiger partial charge is 0.192 e. The third-order valence-corrected chi connectivity index (χ3v) is 8.43. The Labute approximate surface area is 174 Å². The highest BCUT2D eigenvalue weighted by atomic mass is 35.5. The molecule has 29 heavy (non-hydrogen) atoms. The maximum Gasteiger partial charge on any atom is 0.192 e. The first kappa shape index (κ1) is 22.6. The zero-order valence-corrected chi connectivity index (χ0v) is 17.3. The van der Waals surface area contributed by atoms with E-state index in [1.165, 1.54) is 18.2 Å². The van der Waals surface area contributed by atoms with Crippen molar-refractivity contribution in [3.05, 3.63) is 23.8 Å². The minimum absolute atomic E-state index is 0. The Hall–Kier alpha value is -1.12. The van der Waals surface area contributed by atoms with E-state index in [9.17, 15) is 30.0 Å². The predicted octanol–water partition coefficient (Wildman–Crippen LogP) is 1.04. The summed E-state index contributed by atoms with van der Waals surface area (Å²) in [5, 5.41) is 42.1. The van der Waals surface area contributed by atoms with Gasteiger partial charge < -0.3 is 20.4 Å². The van der Waals surface area contributed by atoms with Crippen LogP contribution in [0.3, 0.4) is 0 Å². The topological polar surface area (TPSA) is 115 Å². The summed E-state index contributed by atoms with van der Waals surface area (Å²) in [4.78, 5) is 24.2. The van der Waals surface area contributed by atoms with Gasteiger partial charge in [0.2, 0.25) is 0 Å². The molecule has 4 N–H and O–H groups in total. The van der Waals surface area contributed by atoms with Crippen LogP contribution in [-0.2, 0) is 9.59 Å². The predicted molar refractivity (Wildman–Crippen MR) is 104 cm³/mol. The molecular weight excluding hydrogens is 403 g/mol. The number of rotatable bonds is 2. The lowest BCUT2D eigenvalue weighted by atomic mass is 9.44. The summed E-state index contributed by atoms with van der Waals surface area (Å²) in [5.41, 5.74) is -6.12. The molecule has 0 saturated heterocycles. The SMILES string of the molecule is C[C@]12C[C@H](O)[C@@]3(F)[C@@H](CCC4=CC(=O)C=C[C@@]43C)[C@@H]1C[C@@H](O)C2(O)C(=O)CO.Cl. The summed E-state index contributed by atoms with van der Waals surface area (Å²) in [6.07, 6.45) is 1.93. The van der Waals surface area contributed by atoms with Crippen LogP contribution in [0.4, 0.5) is 4.39 Å². The Morgan fingerprint density at radius 3 is 2.52 bits per heavy atom. The van der Waals surface area contributed by atoms with E-state index in [-0.39, 0.29) is 31.0 Å². The third-order valence-electron chi connectivity index (χ3n) is 8.43. The zero-order chi connectivity index (χ0) is 20.7. The molecule has 0 heterocycles. The first-order valence-corrected chi connectivity index (χ1v) is 9.82. The lowest BCUT2D eigenvalue weighted by Gasteiger charge is -2.62. The molecule has 0 aromatic heterocycles. The van der Waals surface area contributed by atoms with Crippen molar-refractivity contribution in [1.82, 2.24) is 0 Å². The molecule has 0 aromatic rings. The van der Waals surface area contributed by atoms with Crippen molar-refractivity contribution in [2.75, 3.05) is 6.61 Å². The van der Waals surface area contributed by atoms with Crippen LogP contribution in [0.15, 0.2) is 23.8 Å². The van der Waals surface area contributed by atoms with Gasteiger partial charge in [-0.25, -0.2) is 4.39 Å². The Balaban J connectivity index is 0.00000240. The first-order chi connectivity index (χ1) is 13.0. The van der Waals surface area contributed by atoms with Crippen LogP contribution in [0, 0.1) is 22.7 Å². The molecule has 4 aliphatic rings. The molecule has 1 unspecified atom stereocenters. The number of carbonyl (C=O) groups excluding carboxylic acids is 2. The Morgan fingerprint density at radius 2 is 1.90 bits per heavy atom. The Kier molecular flexibility index (Phi) is 5.20. The van der Waals surface area contributed by atoms with E-state index in [0.29, 0.717) is 18.4 Å². The van der Waals surface area contributed by atoms with Gasteiger partial charge in [0.25, 0.3) is 0 Å². The number of Topliss-reactive ketones (excluding diaryl/α,β-unsaturated/α-hetero) is 1. The van der Waals surface area contributed by atoms with Gasteiger partial charge in [-0.15, -0.1) is 12.4 Å². The van der Waals surface area contributed by atoms with Crippen LogP contribution in [0.2, 0.25) is 0 Å². The van der Waals surface area contributed by atoms with Gasteiger partial charge in [-0.3, -0.25) is 9.59 Å². The second kappa shape index (κ2) is 6.69. The molecule has 4 rings (SSSR count). The number of hydrogen-bond donors (Lipinski definition) is 4. The zero-order valence-electron chi connectivity index (χ0n) is 16.5. The summed E-state index contributed by atoms with van der Waals surface area (Å²) in [6.45, 7) is 2.33. The summed E-state index contributed by atoms with van der Waals surface area (Å²) >= 11 is 0. The van der Waals surface area contributed by atoms with Crippen molar-refractivity contribution in [3.8, 4) is 0 Å². The number of allylic oxidation sites excluding steroid dienone is 4. The fourth-order valence-electron chi connectivity index (χ4n) is 6.85. The molecule has 4 aliphatic carbocycles. The van der Waals surface area contributed by atoms with Crippen molar-refractivity contribution in [3.63, 3.8) is 0 Å². The summed E-state index contributed by atoms with van der Waals surface area (Å²) in [5.74, 6) is -2.38. The first-order valence-electron chi connectivity index (χ1n) is 9.82. The highest BCUT2D eigenvalue weighted by molar-refractivity contribution is 6.01. The van der Waals surface area contributed by atoms with Gasteiger partial charge in [0.1, 0.15) is 6.61 Å². The number of ketones is 2. The molecule has 6 nitrogen and oxygen atoms in total. The second-order valence-corrected chi connectivity index (χ2v) is 9.36. The number of fused-ring (bicyclic) bond motifs is 5. The molecule has 0 bridgehead atoms. The van der Waals surface area contributed by atoms with E-state index in [0.717, 1.165) is 0 Å². The summed E-state index contributed by atoms with van der Waals surface area (Å²) in [6, 6.07) is 0. The van der Waals surface area contributed by atoms with E-state index in [1.54, 1.807) is 13.8 Å². The normalized spacial score (nSPS) is 50.7. The Bertz CT molecular complexity index is 813. The van der Waals surface area contributed by atoms with E-state index >= 15 is 4.39 Å². The highest BCUT2D eigenvalue weighted by Crippen LogP contribution is 2.69. The third kappa shape index (κ3) is 2.42. The van der Waals surface area contributed by atoms with Crippen LogP contribution in [0.1, 0.15) is 39.5 Å². The van der Waals surface area contributed by atoms with E-state index in [1.807, 2.05) is 0 Å². The second-order valence-electron chi connectivity index (χ2n) is 9.36. The van der Waals surface area contributed by atoms with Crippen molar-refractivity contribution < 1.29 is 34.4 Å². The minimum atomic E-state index is -2.23. The standard InChI is InChI=1S/C21H27FO6.ClH/c1-18-6-5-12(24)7-11(18)3-4-13-14-8-15(25)21(28,17(27)10-23)19(14,2)9-16(26)20(13,18)22;/h5-7,13-16,23,25-26,28H,3-4,8-10H2,1-2H3;1H/t13-,14-,15+,16-,18-,19-,20-,21?;/m0./s1. The van der Waals surface area contributed by atoms with Crippen LogP contribution in [0.5, 0.6) is 0 Å². The van der Waals surface area contributed by atoms with Gasteiger partial charge in [-0.05, 0) is 50.7 Å². The number of halogens is 2. The van der Waals surface area contributed by atoms with Gasteiger partial charge >= 0.3 is 0 Å². The molecule has 3 saturated carbocycles. The maximum absolute atomic E-state index is 16.8. The molecule has 8 atom stereocenters. The van der Waals surface area contributed by atoms with Crippen molar-refractivity contribution in [2.24, 2.45) is 22.7 Å². The van der Waals surface area contributed by atoms with Crippen molar-refractivity contribution in [1.29, 1.82) is 0 Å². The van der Waals surface area contributed by atoms with Gasteiger partial charge in [0.05, 0.1) is 12.2 Å². The lowest BCUT2D eigenvalue weighted by Crippen LogP contribution is -2.69. The number of alkyl halides is 1. The maximum atomic E-state index is 16.8. The molecule has 0 radical (unpaired) electrons. The van der Waals surface area contributed by atoms with E-state index < -0.39 is 58.5 Å². The average Bonchev–Trinajstić information content (AvgIpc) is 2.84. The van der Waals surface area contributed by atoms with Crippen LogP contribution in [-0.4, -0.2) is 62.1 Å². The van der Waals surface area contributed by atoms with Gasteiger partial charge in [0.15, 0.2) is 22.8 Å². The Morgan fingerprint density at radius 1 is 1.24 bits per heavy atom. The van der Waals surface area contributed by atoms with Crippen molar-refractivity contribution in [2.45, 2.75) is 63.0 Å². The van der Waals surface area contributed by atoms with Crippen LogP contribution >= 0.6 is 12.4 Å².